The summed E-state index contributed by atoms with van der Waals surface area (Å²) >= 11 is 0. The molecule has 0 radical (unpaired) electrons. The Morgan fingerprint density at radius 3 is 2.65 bits per heavy atom. The van der Waals surface area contributed by atoms with Crippen LogP contribution in [0.4, 0.5) is 5.69 Å². The molecular weight excluding hydrogens is 214 g/mol. The van der Waals surface area contributed by atoms with Crippen LogP contribution in [-0.2, 0) is 0 Å². The third kappa shape index (κ3) is 3.13. The highest BCUT2D eigenvalue weighted by atomic mass is 16.5. The van der Waals surface area contributed by atoms with Gasteiger partial charge in [0.15, 0.2) is 0 Å². The predicted octanol–water partition coefficient (Wildman–Crippen LogP) is 2.65. The van der Waals surface area contributed by atoms with Crippen LogP contribution in [0.1, 0.15) is 37.7 Å². The molecule has 1 aliphatic rings. The Morgan fingerprint density at radius 1 is 1.29 bits per heavy atom. The van der Waals surface area contributed by atoms with E-state index in [4.69, 9.17) is 10.5 Å². The van der Waals surface area contributed by atoms with Crippen LogP contribution in [0, 0.1) is 6.92 Å². The zero-order valence-electron chi connectivity index (χ0n) is 10.4. The molecular formula is C14H21NO2. The van der Waals surface area contributed by atoms with Gasteiger partial charge in [0, 0.05) is 5.69 Å². The van der Waals surface area contributed by atoms with Crippen molar-refractivity contribution in [2.45, 2.75) is 44.6 Å². The van der Waals surface area contributed by atoms with Crippen molar-refractivity contribution in [2.75, 3.05) is 12.3 Å². The Balaban J connectivity index is 1.97. The fourth-order valence-corrected chi connectivity index (χ4v) is 2.40. The number of hydrogen-bond donors (Lipinski definition) is 2. The maximum Gasteiger partial charge on any atom is 0.122 e. The lowest BCUT2D eigenvalue weighted by Crippen LogP contribution is -2.38. The molecule has 3 heteroatoms. The van der Waals surface area contributed by atoms with Crippen molar-refractivity contribution < 1.29 is 9.84 Å². The highest BCUT2D eigenvalue weighted by Crippen LogP contribution is 2.29. The lowest BCUT2D eigenvalue weighted by atomic mass is 9.85. The van der Waals surface area contributed by atoms with E-state index in [0.717, 1.165) is 42.7 Å². The van der Waals surface area contributed by atoms with Gasteiger partial charge in [-0.25, -0.2) is 0 Å². The molecule has 0 spiro atoms. The number of hydrogen-bond acceptors (Lipinski definition) is 3. The van der Waals surface area contributed by atoms with Crippen molar-refractivity contribution >= 4 is 5.69 Å². The van der Waals surface area contributed by atoms with Gasteiger partial charge in [0.1, 0.15) is 12.4 Å². The van der Waals surface area contributed by atoms with Crippen molar-refractivity contribution in [3.63, 3.8) is 0 Å². The van der Waals surface area contributed by atoms with Crippen molar-refractivity contribution in [1.29, 1.82) is 0 Å². The summed E-state index contributed by atoms with van der Waals surface area (Å²) < 4.78 is 5.73. The fourth-order valence-electron chi connectivity index (χ4n) is 2.40. The topological polar surface area (TPSA) is 55.5 Å². The fraction of sp³-hybridized carbons (Fsp3) is 0.571. The van der Waals surface area contributed by atoms with E-state index >= 15 is 0 Å². The number of rotatable bonds is 3. The maximum atomic E-state index is 10.3. The second-order valence-electron chi connectivity index (χ2n) is 5.10. The van der Waals surface area contributed by atoms with Gasteiger partial charge in [-0.3, -0.25) is 0 Å². The molecule has 1 fully saturated rings. The van der Waals surface area contributed by atoms with E-state index in [-0.39, 0.29) is 0 Å². The number of aliphatic hydroxyl groups is 1. The molecule has 0 heterocycles. The Kier molecular flexibility index (Phi) is 3.57. The first kappa shape index (κ1) is 12.2. The average Bonchev–Trinajstić information content (AvgIpc) is 2.29. The van der Waals surface area contributed by atoms with Gasteiger partial charge in [-0.2, -0.15) is 0 Å². The van der Waals surface area contributed by atoms with Crippen molar-refractivity contribution in [2.24, 2.45) is 0 Å². The molecule has 0 bridgehead atoms. The van der Waals surface area contributed by atoms with E-state index in [9.17, 15) is 5.11 Å². The summed E-state index contributed by atoms with van der Waals surface area (Å²) in [5.41, 5.74) is 6.81. The quantitative estimate of drug-likeness (QED) is 0.792. The van der Waals surface area contributed by atoms with Gasteiger partial charge in [0.2, 0.25) is 0 Å². The summed E-state index contributed by atoms with van der Waals surface area (Å²) in [4.78, 5) is 0. The van der Waals surface area contributed by atoms with Gasteiger partial charge >= 0.3 is 0 Å². The molecule has 94 valence electrons. The van der Waals surface area contributed by atoms with Crippen molar-refractivity contribution in [3.8, 4) is 5.75 Å². The van der Waals surface area contributed by atoms with E-state index in [1.165, 1.54) is 6.42 Å². The Morgan fingerprint density at radius 2 is 2.00 bits per heavy atom. The lowest BCUT2D eigenvalue weighted by Gasteiger charge is -2.31. The third-order valence-corrected chi connectivity index (χ3v) is 3.48. The molecule has 1 aromatic rings. The smallest absolute Gasteiger partial charge is 0.122 e. The first-order valence-electron chi connectivity index (χ1n) is 6.30. The predicted molar refractivity (Wildman–Crippen MR) is 69.1 cm³/mol. The number of aryl methyl sites for hydroxylation is 1. The molecule has 1 aliphatic carbocycles. The van der Waals surface area contributed by atoms with Crippen LogP contribution in [0.5, 0.6) is 5.75 Å². The molecule has 3 N–H and O–H groups in total. The van der Waals surface area contributed by atoms with Crippen LogP contribution >= 0.6 is 0 Å². The van der Waals surface area contributed by atoms with Crippen LogP contribution in [0.15, 0.2) is 18.2 Å². The van der Waals surface area contributed by atoms with E-state index in [1.54, 1.807) is 0 Å². The summed E-state index contributed by atoms with van der Waals surface area (Å²) in [6.45, 7) is 2.36. The molecule has 0 aliphatic heterocycles. The number of nitrogen functional groups attached to an aromatic ring is 1. The second kappa shape index (κ2) is 4.96. The number of ether oxygens (including phenoxy) is 1. The minimum atomic E-state index is -0.633. The summed E-state index contributed by atoms with van der Waals surface area (Å²) in [6, 6.07) is 5.59. The van der Waals surface area contributed by atoms with Gasteiger partial charge in [-0.1, -0.05) is 19.3 Å². The Labute approximate surface area is 103 Å². The minimum absolute atomic E-state index is 0.387. The van der Waals surface area contributed by atoms with Gasteiger partial charge in [-0.05, 0) is 43.5 Å². The van der Waals surface area contributed by atoms with E-state index in [1.807, 2.05) is 25.1 Å². The molecule has 0 saturated heterocycles. The monoisotopic (exact) mass is 235 g/mol. The standard InChI is InChI=1S/C14H21NO2/c1-11-9-12(15)5-6-13(11)17-10-14(16)7-3-2-4-8-14/h5-6,9,16H,2-4,7-8,10,15H2,1H3. The molecule has 0 amide bonds. The van der Waals surface area contributed by atoms with Gasteiger partial charge in [0.25, 0.3) is 0 Å². The van der Waals surface area contributed by atoms with E-state index in [2.05, 4.69) is 0 Å². The second-order valence-corrected chi connectivity index (χ2v) is 5.10. The largest absolute Gasteiger partial charge is 0.490 e. The summed E-state index contributed by atoms with van der Waals surface area (Å²) in [7, 11) is 0. The molecule has 0 atom stereocenters. The average molecular weight is 235 g/mol. The normalized spacial score (nSPS) is 18.9. The van der Waals surface area contributed by atoms with Crippen LogP contribution in [-0.4, -0.2) is 17.3 Å². The third-order valence-electron chi connectivity index (χ3n) is 3.48. The minimum Gasteiger partial charge on any atom is -0.490 e. The first-order valence-corrected chi connectivity index (χ1v) is 6.30. The van der Waals surface area contributed by atoms with E-state index < -0.39 is 5.60 Å². The first-order chi connectivity index (χ1) is 8.09. The van der Waals surface area contributed by atoms with Gasteiger partial charge in [-0.15, -0.1) is 0 Å². The maximum absolute atomic E-state index is 10.3. The Hall–Kier alpha value is -1.22. The number of nitrogens with two attached hydrogens (primary N) is 1. The zero-order chi connectivity index (χ0) is 12.3. The highest BCUT2D eigenvalue weighted by molar-refractivity contribution is 5.47. The summed E-state index contributed by atoms with van der Waals surface area (Å²) in [6.07, 6.45) is 5.12. The molecule has 1 aromatic carbocycles. The lowest BCUT2D eigenvalue weighted by molar-refractivity contribution is -0.0340. The van der Waals surface area contributed by atoms with Crippen molar-refractivity contribution in [3.05, 3.63) is 23.8 Å². The molecule has 2 rings (SSSR count). The van der Waals surface area contributed by atoms with Crippen LogP contribution < -0.4 is 10.5 Å². The van der Waals surface area contributed by atoms with Crippen LogP contribution in [0.2, 0.25) is 0 Å². The molecule has 17 heavy (non-hydrogen) atoms. The number of anilines is 1. The number of benzene rings is 1. The van der Waals surface area contributed by atoms with Gasteiger partial charge < -0.3 is 15.6 Å². The molecule has 3 nitrogen and oxygen atoms in total. The SMILES string of the molecule is Cc1cc(N)ccc1OCC1(O)CCCCC1. The summed E-state index contributed by atoms with van der Waals surface area (Å²) in [5, 5.41) is 10.3. The van der Waals surface area contributed by atoms with Crippen LogP contribution in [0.3, 0.4) is 0 Å². The van der Waals surface area contributed by atoms with Crippen molar-refractivity contribution in [1.82, 2.24) is 0 Å². The Bertz CT molecular complexity index is 384. The van der Waals surface area contributed by atoms with E-state index in [0.29, 0.717) is 6.61 Å². The molecule has 0 aromatic heterocycles. The molecule has 1 saturated carbocycles. The molecule has 0 unspecified atom stereocenters. The zero-order valence-corrected chi connectivity index (χ0v) is 10.4. The summed E-state index contributed by atoms with van der Waals surface area (Å²) in [5.74, 6) is 0.818. The van der Waals surface area contributed by atoms with Crippen LogP contribution in [0.25, 0.3) is 0 Å². The van der Waals surface area contributed by atoms with Gasteiger partial charge in [0.05, 0.1) is 5.60 Å². The highest BCUT2D eigenvalue weighted by Gasteiger charge is 2.30.